The molecule has 176 valence electrons. The van der Waals surface area contributed by atoms with E-state index in [4.69, 9.17) is 4.74 Å². The molecule has 0 unspecified atom stereocenters. The fraction of sp³-hybridized carbons (Fsp3) is 0.296. The molecule has 0 aliphatic rings. The zero-order valence-corrected chi connectivity index (χ0v) is 20.7. The van der Waals surface area contributed by atoms with E-state index in [-0.39, 0.29) is 17.7 Å². The van der Waals surface area contributed by atoms with Crippen LogP contribution < -0.4 is 20.1 Å². The van der Waals surface area contributed by atoms with Gasteiger partial charge in [-0.05, 0) is 47.2 Å². The molecular formula is C27H29N3O3S. The van der Waals surface area contributed by atoms with Crippen molar-refractivity contribution in [1.82, 2.24) is 9.88 Å². The second-order valence-electron chi connectivity index (χ2n) is 8.13. The lowest BCUT2D eigenvalue weighted by Crippen LogP contribution is -2.34. The van der Waals surface area contributed by atoms with Gasteiger partial charge >= 0.3 is 0 Å². The number of nitriles is 1. The summed E-state index contributed by atoms with van der Waals surface area (Å²) in [7, 11) is 1.54. The quantitative estimate of drug-likeness (QED) is 0.508. The van der Waals surface area contributed by atoms with E-state index in [0.29, 0.717) is 27.4 Å². The van der Waals surface area contributed by atoms with Crippen LogP contribution in [0.2, 0.25) is 0 Å². The molecule has 6 nitrogen and oxygen atoms in total. The van der Waals surface area contributed by atoms with Crippen LogP contribution in [0.3, 0.4) is 0 Å². The van der Waals surface area contributed by atoms with Crippen molar-refractivity contribution in [2.45, 2.75) is 33.1 Å². The number of nitrogens with one attached hydrogen (secondary N) is 1. The minimum Gasteiger partial charge on any atom is -0.383 e. The minimum atomic E-state index is -0.535. The fourth-order valence-corrected chi connectivity index (χ4v) is 4.55. The van der Waals surface area contributed by atoms with Gasteiger partial charge in [-0.3, -0.25) is 14.2 Å². The first kappa shape index (κ1) is 25.2. The first-order chi connectivity index (χ1) is 16.4. The molecule has 1 heterocycles. The summed E-state index contributed by atoms with van der Waals surface area (Å²) in [4.78, 5) is 26.3. The Labute approximate surface area is 203 Å². The smallest absolute Gasteiger partial charge is 0.273 e. The first-order valence-electron chi connectivity index (χ1n) is 11.2. The average molecular weight is 476 g/mol. The number of rotatable bonds is 8. The largest absolute Gasteiger partial charge is 0.383 e. The number of hydrogen-bond acceptors (Lipinski definition) is 5. The van der Waals surface area contributed by atoms with Crippen LogP contribution in [0.25, 0.3) is 17.3 Å². The van der Waals surface area contributed by atoms with Crippen LogP contribution in [0, 0.1) is 11.3 Å². The first-order valence-corrected chi connectivity index (χ1v) is 12.1. The van der Waals surface area contributed by atoms with Crippen molar-refractivity contribution in [3.63, 3.8) is 0 Å². The summed E-state index contributed by atoms with van der Waals surface area (Å²) in [5.41, 5.74) is 3.46. The van der Waals surface area contributed by atoms with Crippen LogP contribution in [0.4, 0.5) is 0 Å². The highest BCUT2D eigenvalue weighted by molar-refractivity contribution is 7.07. The number of carbonyl (C=O) groups excluding carboxylic acids is 1. The maximum absolute atomic E-state index is 13.5. The van der Waals surface area contributed by atoms with Crippen LogP contribution in [0.1, 0.15) is 43.4 Å². The zero-order chi connectivity index (χ0) is 24.7. The van der Waals surface area contributed by atoms with Crippen molar-refractivity contribution in [1.29, 1.82) is 5.26 Å². The number of nitrogens with zero attached hydrogens (tertiary/aromatic N) is 2. The lowest BCUT2D eigenvalue weighted by atomic mass is 10.0. The maximum atomic E-state index is 13.5. The minimum absolute atomic E-state index is 0.105. The Bertz CT molecular complexity index is 1360. The van der Waals surface area contributed by atoms with E-state index < -0.39 is 5.91 Å². The van der Waals surface area contributed by atoms with Crippen LogP contribution in [0.15, 0.2) is 53.3 Å². The Morgan fingerprint density at radius 2 is 1.85 bits per heavy atom. The molecule has 3 rings (SSSR count). The van der Waals surface area contributed by atoms with Gasteiger partial charge in [0.25, 0.3) is 11.5 Å². The Hall–Kier alpha value is -3.47. The zero-order valence-electron chi connectivity index (χ0n) is 19.9. The summed E-state index contributed by atoms with van der Waals surface area (Å²) in [6.07, 6.45) is 2.73. The normalized spacial score (nSPS) is 12.5. The highest BCUT2D eigenvalue weighted by atomic mass is 32.1. The molecule has 0 spiro atoms. The Balaban J connectivity index is 2.24. The van der Waals surface area contributed by atoms with Gasteiger partial charge in [0.1, 0.15) is 10.7 Å². The van der Waals surface area contributed by atoms with Gasteiger partial charge in [0, 0.05) is 13.7 Å². The van der Waals surface area contributed by atoms with Crippen molar-refractivity contribution in [2.75, 3.05) is 20.3 Å². The van der Waals surface area contributed by atoms with Crippen molar-refractivity contribution < 1.29 is 9.53 Å². The second kappa shape index (κ2) is 11.6. The molecule has 1 aromatic heterocycles. The van der Waals surface area contributed by atoms with E-state index in [9.17, 15) is 14.9 Å². The molecule has 34 heavy (non-hydrogen) atoms. The summed E-state index contributed by atoms with van der Waals surface area (Å²) in [5, 5.41) is 12.5. The number of carbonyl (C=O) groups is 1. The van der Waals surface area contributed by atoms with E-state index in [2.05, 4.69) is 26.1 Å². The number of benzene rings is 2. The summed E-state index contributed by atoms with van der Waals surface area (Å²) in [6.45, 7) is 6.87. The number of thiazole rings is 1. The Morgan fingerprint density at radius 3 is 2.41 bits per heavy atom. The Morgan fingerprint density at radius 1 is 1.18 bits per heavy atom. The summed E-state index contributed by atoms with van der Waals surface area (Å²) < 4.78 is 7.18. The van der Waals surface area contributed by atoms with Gasteiger partial charge in [-0.2, -0.15) is 5.26 Å². The second-order valence-corrected chi connectivity index (χ2v) is 9.16. The van der Waals surface area contributed by atoms with Crippen LogP contribution >= 0.6 is 11.3 Å². The molecule has 0 fully saturated rings. The molecule has 1 amide bonds. The van der Waals surface area contributed by atoms with Gasteiger partial charge in [0.2, 0.25) is 0 Å². The molecule has 0 saturated heterocycles. The number of aryl methyl sites for hydroxylation is 1. The van der Waals surface area contributed by atoms with Crippen molar-refractivity contribution >= 4 is 28.9 Å². The standard InChI is InChI=1S/C27H29N3O3S/c1-5-19-6-8-20(9-7-19)16-24-26(32)30(22-12-10-21(11-13-22)18(2)3)27(34-24)23(17-28)25(31)29-14-15-33-4/h6-13,16,18H,5,14-15H2,1-4H3,(H,29,31)/b24-16-,27-23-. The lowest BCUT2D eigenvalue weighted by Gasteiger charge is -2.08. The van der Waals surface area contributed by atoms with Gasteiger partial charge in [0.05, 0.1) is 16.8 Å². The van der Waals surface area contributed by atoms with E-state index in [1.165, 1.54) is 17.2 Å². The number of amides is 1. The summed E-state index contributed by atoms with van der Waals surface area (Å²) >= 11 is 1.14. The molecule has 7 heteroatoms. The van der Waals surface area contributed by atoms with Gasteiger partial charge in [-0.25, -0.2) is 0 Å². The number of methoxy groups -OCH3 is 1. The lowest BCUT2D eigenvalue weighted by molar-refractivity contribution is -0.115. The van der Waals surface area contributed by atoms with Crippen LogP contribution in [0.5, 0.6) is 0 Å². The van der Waals surface area contributed by atoms with Gasteiger partial charge in [-0.15, -0.1) is 11.3 Å². The molecule has 1 N–H and O–H groups in total. The number of hydrogen-bond donors (Lipinski definition) is 1. The predicted octanol–water partition coefficient (Wildman–Crippen LogP) is 2.85. The maximum Gasteiger partial charge on any atom is 0.273 e. The van der Waals surface area contributed by atoms with E-state index in [1.807, 2.05) is 54.6 Å². The monoisotopic (exact) mass is 475 g/mol. The van der Waals surface area contributed by atoms with Crippen molar-refractivity contribution in [3.05, 3.63) is 84.8 Å². The predicted molar refractivity (Wildman–Crippen MR) is 137 cm³/mol. The molecule has 0 radical (unpaired) electrons. The molecular weight excluding hydrogens is 446 g/mol. The topological polar surface area (TPSA) is 84.1 Å². The molecule has 2 aromatic carbocycles. The van der Waals surface area contributed by atoms with Crippen molar-refractivity contribution in [3.8, 4) is 11.8 Å². The number of ether oxygens (including phenoxy) is 1. The summed E-state index contributed by atoms with van der Waals surface area (Å²) in [5.74, 6) is -0.192. The van der Waals surface area contributed by atoms with Crippen LogP contribution in [-0.2, 0) is 16.0 Å². The molecule has 0 aliphatic heterocycles. The van der Waals surface area contributed by atoms with Crippen LogP contribution in [-0.4, -0.2) is 30.7 Å². The number of aromatic nitrogens is 1. The third kappa shape index (κ3) is 5.71. The third-order valence-corrected chi connectivity index (χ3v) is 6.56. The molecule has 0 saturated carbocycles. The molecule has 0 aliphatic carbocycles. The van der Waals surface area contributed by atoms with Crippen molar-refractivity contribution in [2.24, 2.45) is 0 Å². The van der Waals surface area contributed by atoms with Gasteiger partial charge in [0.15, 0.2) is 5.57 Å². The molecule has 0 bridgehead atoms. The van der Waals surface area contributed by atoms with E-state index >= 15 is 0 Å². The van der Waals surface area contributed by atoms with Gasteiger partial charge < -0.3 is 10.1 Å². The van der Waals surface area contributed by atoms with Gasteiger partial charge in [-0.1, -0.05) is 57.2 Å². The van der Waals surface area contributed by atoms with E-state index in [1.54, 1.807) is 6.08 Å². The van der Waals surface area contributed by atoms with E-state index in [0.717, 1.165) is 28.9 Å². The highest BCUT2D eigenvalue weighted by Gasteiger charge is 2.17. The highest BCUT2D eigenvalue weighted by Crippen LogP contribution is 2.16. The Kier molecular flexibility index (Phi) is 8.58. The summed E-state index contributed by atoms with van der Waals surface area (Å²) in [6, 6.07) is 17.6. The fourth-order valence-electron chi connectivity index (χ4n) is 3.44. The average Bonchev–Trinajstić information content (AvgIpc) is 3.15. The third-order valence-electron chi connectivity index (χ3n) is 5.47. The molecule has 3 aromatic rings. The SMILES string of the molecule is CCc1ccc(/C=c2\s/c(=C(/C#N)C(=O)NCCOC)n(-c3ccc(C(C)C)cc3)c2=O)cc1. The molecule has 0 atom stereocenters.